The van der Waals surface area contributed by atoms with Gasteiger partial charge in [0, 0.05) is 13.0 Å². The molecule has 1 aliphatic carbocycles. The SMILES string of the molecule is CC[C@@H](NC(=O)CCN1C(=O)[C@H]2CC=CC[C@H]2C1=O)c1ccc(C)cc1. The first-order valence-electron chi connectivity index (χ1n) is 9.37. The summed E-state index contributed by atoms with van der Waals surface area (Å²) in [5, 5.41) is 3.02. The molecule has 3 atom stereocenters. The van der Waals surface area contributed by atoms with E-state index in [1.807, 2.05) is 50.3 Å². The van der Waals surface area contributed by atoms with Gasteiger partial charge >= 0.3 is 0 Å². The number of rotatable bonds is 6. The maximum atomic E-state index is 12.4. The zero-order valence-electron chi connectivity index (χ0n) is 15.4. The van der Waals surface area contributed by atoms with Gasteiger partial charge in [-0.3, -0.25) is 19.3 Å². The Kier molecular flexibility index (Phi) is 5.55. The predicted molar refractivity (Wildman–Crippen MR) is 99.0 cm³/mol. The molecule has 3 amide bonds. The third-order valence-corrected chi connectivity index (χ3v) is 5.38. The van der Waals surface area contributed by atoms with Crippen LogP contribution in [0.25, 0.3) is 0 Å². The van der Waals surface area contributed by atoms with E-state index < -0.39 is 0 Å². The average Bonchev–Trinajstić information content (AvgIpc) is 2.90. The molecule has 0 radical (unpaired) electrons. The quantitative estimate of drug-likeness (QED) is 0.631. The number of carbonyl (C=O) groups excluding carboxylic acids is 3. The molecule has 26 heavy (non-hydrogen) atoms. The molecule has 0 bridgehead atoms. The monoisotopic (exact) mass is 354 g/mol. The number of fused-ring (bicyclic) bond motifs is 1. The van der Waals surface area contributed by atoms with E-state index in [0.717, 1.165) is 12.0 Å². The Morgan fingerprint density at radius 2 is 1.69 bits per heavy atom. The minimum Gasteiger partial charge on any atom is -0.349 e. The molecule has 1 fully saturated rings. The number of likely N-dealkylation sites (tertiary alicyclic amines) is 1. The van der Waals surface area contributed by atoms with Crippen molar-refractivity contribution in [1.82, 2.24) is 10.2 Å². The minimum atomic E-state index is -0.230. The number of hydrogen-bond donors (Lipinski definition) is 1. The topological polar surface area (TPSA) is 66.5 Å². The van der Waals surface area contributed by atoms with Gasteiger partial charge in [0.1, 0.15) is 0 Å². The van der Waals surface area contributed by atoms with Gasteiger partial charge in [0.25, 0.3) is 0 Å². The van der Waals surface area contributed by atoms with Gasteiger partial charge in [0.15, 0.2) is 0 Å². The van der Waals surface area contributed by atoms with Crippen LogP contribution in [0.3, 0.4) is 0 Å². The normalized spacial score (nSPS) is 23.1. The molecule has 1 aliphatic heterocycles. The number of aryl methyl sites for hydroxylation is 1. The van der Waals surface area contributed by atoms with Crippen molar-refractivity contribution in [3.63, 3.8) is 0 Å². The van der Waals surface area contributed by atoms with E-state index in [-0.39, 0.29) is 48.6 Å². The zero-order valence-corrected chi connectivity index (χ0v) is 15.4. The van der Waals surface area contributed by atoms with Crippen molar-refractivity contribution in [2.45, 2.75) is 45.6 Å². The van der Waals surface area contributed by atoms with Crippen LogP contribution in [0.15, 0.2) is 36.4 Å². The van der Waals surface area contributed by atoms with Crippen molar-refractivity contribution in [2.24, 2.45) is 11.8 Å². The van der Waals surface area contributed by atoms with Gasteiger partial charge in [0.05, 0.1) is 17.9 Å². The summed E-state index contributed by atoms with van der Waals surface area (Å²) in [5.41, 5.74) is 2.24. The number of hydrogen-bond acceptors (Lipinski definition) is 3. The summed E-state index contributed by atoms with van der Waals surface area (Å²) in [6.07, 6.45) is 6.12. The number of allylic oxidation sites excluding steroid dienone is 2. The van der Waals surface area contributed by atoms with Gasteiger partial charge in [0.2, 0.25) is 17.7 Å². The molecule has 1 saturated heterocycles. The second-order valence-electron chi connectivity index (χ2n) is 7.17. The Balaban J connectivity index is 1.56. The van der Waals surface area contributed by atoms with Crippen LogP contribution < -0.4 is 5.32 Å². The molecule has 1 heterocycles. The van der Waals surface area contributed by atoms with Crippen LogP contribution in [0, 0.1) is 18.8 Å². The third-order valence-electron chi connectivity index (χ3n) is 5.38. The highest BCUT2D eigenvalue weighted by Gasteiger charge is 2.46. The number of nitrogens with zero attached hydrogens (tertiary/aromatic N) is 1. The number of carbonyl (C=O) groups is 3. The first kappa shape index (κ1) is 18.4. The molecule has 0 unspecified atom stereocenters. The summed E-state index contributed by atoms with van der Waals surface area (Å²) in [6.45, 7) is 4.22. The standard InChI is InChI=1S/C21H26N2O3/c1-3-18(15-10-8-14(2)9-11-15)22-19(24)12-13-23-20(25)16-6-4-5-7-17(16)21(23)26/h4-5,8-11,16-18H,3,6-7,12-13H2,1-2H3,(H,22,24)/t16-,17+,18-/m1/s1. The molecular formula is C21H26N2O3. The van der Waals surface area contributed by atoms with Gasteiger partial charge in [-0.05, 0) is 31.7 Å². The van der Waals surface area contributed by atoms with E-state index in [0.29, 0.717) is 12.8 Å². The number of benzene rings is 1. The fourth-order valence-electron chi connectivity index (χ4n) is 3.79. The molecule has 1 N–H and O–H groups in total. The lowest BCUT2D eigenvalue weighted by Crippen LogP contribution is -2.36. The van der Waals surface area contributed by atoms with Gasteiger partial charge in [-0.1, -0.05) is 48.9 Å². The van der Waals surface area contributed by atoms with E-state index in [4.69, 9.17) is 0 Å². The second-order valence-corrected chi connectivity index (χ2v) is 7.17. The smallest absolute Gasteiger partial charge is 0.233 e. The molecule has 0 aromatic heterocycles. The summed E-state index contributed by atoms with van der Waals surface area (Å²) in [6, 6.07) is 8.05. The van der Waals surface area contributed by atoms with Crippen molar-refractivity contribution in [3.8, 4) is 0 Å². The average molecular weight is 354 g/mol. The lowest BCUT2D eigenvalue weighted by atomic mass is 9.85. The van der Waals surface area contributed by atoms with Crippen LogP contribution in [0.1, 0.15) is 49.8 Å². The third kappa shape index (κ3) is 3.71. The van der Waals surface area contributed by atoms with Crippen LogP contribution in [0.2, 0.25) is 0 Å². The highest BCUT2D eigenvalue weighted by molar-refractivity contribution is 6.05. The maximum Gasteiger partial charge on any atom is 0.233 e. The molecule has 1 aromatic rings. The lowest BCUT2D eigenvalue weighted by Gasteiger charge is -2.19. The Hall–Kier alpha value is -2.43. The van der Waals surface area contributed by atoms with E-state index in [2.05, 4.69) is 5.32 Å². The summed E-state index contributed by atoms with van der Waals surface area (Å²) < 4.78 is 0. The molecular weight excluding hydrogens is 328 g/mol. The number of imide groups is 1. The molecule has 0 spiro atoms. The van der Waals surface area contributed by atoms with Crippen LogP contribution in [0.5, 0.6) is 0 Å². The van der Waals surface area contributed by atoms with Crippen molar-refractivity contribution in [1.29, 1.82) is 0 Å². The highest BCUT2D eigenvalue weighted by atomic mass is 16.2. The molecule has 5 heteroatoms. The molecule has 1 aromatic carbocycles. The minimum absolute atomic E-state index is 0.0557. The van der Waals surface area contributed by atoms with Gasteiger partial charge in [-0.25, -0.2) is 0 Å². The van der Waals surface area contributed by atoms with Crippen molar-refractivity contribution >= 4 is 17.7 Å². The van der Waals surface area contributed by atoms with Gasteiger partial charge in [-0.2, -0.15) is 0 Å². The van der Waals surface area contributed by atoms with Crippen LogP contribution in [-0.4, -0.2) is 29.2 Å². The zero-order chi connectivity index (χ0) is 18.7. The van der Waals surface area contributed by atoms with Crippen LogP contribution in [-0.2, 0) is 14.4 Å². The first-order chi connectivity index (χ1) is 12.5. The Morgan fingerprint density at radius 1 is 1.12 bits per heavy atom. The highest BCUT2D eigenvalue weighted by Crippen LogP contribution is 2.35. The van der Waals surface area contributed by atoms with E-state index in [9.17, 15) is 14.4 Å². The molecule has 2 aliphatic rings. The Bertz CT molecular complexity index is 697. The second kappa shape index (κ2) is 7.85. The molecule has 0 saturated carbocycles. The summed E-state index contributed by atoms with van der Waals surface area (Å²) >= 11 is 0. The fraction of sp³-hybridized carbons (Fsp3) is 0.476. The number of amides is 3. The number of nitrogens with one attached hydrogen (secondary N) is 1. The summed E-state index contributed by atoms with van der Waals surface area (Å²) in [5.74, 6) is -0.838. The fourth-order valence-corrected chi connectivity index (χ4v) is 3.79. The predicted octanol–water partition coefficient (Wildman–Crippen LogP) is 2.90. The van der Waals surface area contributed by atoms with Crippen molar-refractivity contribution in [3.05, 3.63) is 47.5 Å². The largest absolute Gasteiger partial charge is 0.349 e. The van der Waals surface area contributed by atoms with Crippen molar-refractivity contribution in [2.75, 3.05) is 6.54 Å². The van der Waals surface area contributed by atoms with Gasteiger partial charge < -0.3 is 5.32 Å². The van der Waals surface area contributed by atoms with E-state index >= 15 is 0 Å². The lowest BCUT2D eigenvalue weighted by molar-refractivity contribution is -0.140. The maximum absolute atomic E-state index is 12.4. The van der Waals surface area contributed by atoms with Crippen LogP contribution >= 0.6 is 0 Å². The Labute approximate surface area is 154 Å². The van der Waals surface area contributed by atoms with Gasteiger partial charge in [-0.15, -0.1) is 0 Å². The first-order valence-corrected chi connectivity index (χ1v) is 9.37. The molecule has 138 valence electrons. The Morgan fingerprint density at radius 3 is 2.23 bits per heavy atom. The van der Waals surface area contributed by atoms with Crippen molar-refractivity contribution < 1.29 is 14.4 Å². The van der Waals surface area contributed by atoms with E-state index in [1.54, 1.807) is 0 Å². The summed E-state index contributed by atoms with van der Waals surface area (Å²) in [4.78, 5) is 38.5. The molecule has 3 rings (SSSR count). The van der Waals surface area contributed by atoms with E-state index in [1.165, 1.54) is 10.5 Å². The van der Waals surface area contributed by atoms with Crippen LogP contribution in [0.4, 0.5) is 0 Å². The molecule has 5 nitrogen and oxygen atoms in total. The summed E-state index contributed by atoms with van der Waals surface area (Å²) in [7, 11) is 0.